The molecule has 1 atom stereocenters. The normalized spacial score (nSPS) is 12.5. The molecule has 0 aliphatic rings. The number of rotatable bonds is 4. The van der Waals surface area contributed by atoms with Crippen LogP contribution in [0.3, 0.4) is 0 Å². The minimum Gasteiger partial charge on any atom is -0.307 e. The monoisotopic (exact) mass is 211 g/mol. The molecule has 0 saturated heterocycles. The Morgan fingerprint density at radius 1 is 1.47 bits per heavy atom. The highest BCUT2D eigenvalue weighted by Gasteiger charge is 2.17. The van der Waals surface area contributed by atoms with Crippen LogP contribution in [-0.4, -0.2) is 6.54 Å². The number of hydrogen-bond acceptors (Lipinski definition) is 1. The summed E-state index contributed by atoms with van der Waals surface area (Å²) in [5.41, 5.74) is 0.489. The van der Waals surface area contributed by atoms with Crippen molar-refractivity contribution < 1.29 is 8.78 Å². The van der Waals surface area contributed by atoms with Gasteiger partial charge in [0, 0.05) is 5.56 Å². The molecule has 1 nitrogen and oxygen atoms in total. The number of aryl methyl sites for hydroxylation is 1. The van der Waals surface area contributed by atoms with Gasteiger partial charge in [-0.2, -0.15) is 0 Å². The number of nitrogens with one attached hydrogen (secondary N) is 1. The molecule has 1 N–H and O–H groups in total. The molecule has 0 fully saturated rings. The molecule has 0 heterocycles. The molecule has 1 unspecified atom stereocenters. The Balaban J connectivity index is 3.20. The molecule has 0 saturated carbocycles. The fourth-order valence-corrected chi connectivity index (χ4v) is 1.49. The number of benzene rings is 1. The van der Waals surface area contributed by atoms with Crippen LogP contribution in [0, 0.1) is 18.6 Å². The first-order valence-corrected chi connectivity index (χ1v) is 4.92. The van der Waals surface area contributed by atoms with E-state index in [4.69, 9.17) is 0 Å². The smallest absolute Gasteiger partial charge is 0.134 e. The highest BCUT2D eigenvalue weighted by molar-refractivity contribution is 5.31. The molecule has 1 rings (SSSR count). The Hall–Kier alpha value is -1.22. The molecule has 0 amide bonds. The third-order valence-electron chi connectivity index (χ3n) is 2.29. The fourth-order valence-electron chi connectivity index (χ4n) is 1.49. The maximum Gasteiger partial charge on any atom is 0.134 e. The van der Waals surface area contributed by atoms with Crippen LogP contribution in [0.1, 0.15) is 24.1 Å². The maximum atomic E-state index is 13.7. The Bertz CT molecular complexity index is 361. The van der Waals surface area contributed by atoms with E-state index in [9.17, 15) is 8.78 Å². The average Bonchev–Trinajstić information content (AvgIpc) is 2.22. The van der Waals surface area contributed by atoms with Crippen molar-refractivity contribution in [2.45, 2.75) is 19.9 Å². The second-order valence-corrected chi connectivity index (χ2v) is 3.36. The number of likely N-dealkylation sites (N-methyl/N-ethyl adjacent to an activating group) is 1. The molecule has 0 aromatic heterocycles. The van der Waals surface area contributed by atoms with E-state index in [1.807, 2.05) is 6.92 Å². The van der Waals surface area contributed by atoms with Crippen molar-refractivity contribution in [3.05, 3.63) is 47.5 Å². The van der Waals surface area contributed by atoms with Gasteiger partial charge in [0.1, 0.15) is 11.6 Å². The Kier molecular flexibility index (Phi) is 3.97. The van der Waals surface area contributed by atoms with Gasteiger partial charge in [0.15, 0.2) is 0 Å². The van der Waals surface area contributed by atoms with E-state index < -0.39 is 17.7 Å². The van der Waals surface area contributed by atoms with Gasteiger partial charge in [-0.25, -0.2) is 8.78 Å². The van der Waals surface area contributed by atoms with Crippen molar-refractivity contribution in [2.24, 2.45) is 0 Å². The zero-order valence-electron chi connectivity index (χ0n) is 8.98. The van der Waals surface area contributed by atoms with Gasteiger partial charge in [-0.3, -0.25) is 0 Å². The maximum absolute atomic E-state index is 13.7. The molecule has 3 heteroatoms. The van der Waals surface area contributed by atoms with Gasteiger partial charge in [-0.1, -0.05) is 19.1 Å². The zero-order chi connectivity index (χ0) is 11.4. The Labute approximate surface area is 88.8 Å². The summed E-state index contributed by atoms with van der Waals surface area (Å²) < 4.78 is 27.2. The lowest BCUT2D eigenvalue weighted by atomic mass is 10.0. The van der Waals surface area contributed by atoms with Crippen LogP contribution in [0.15, 0.2) is 24.8 Å². The van der Waals surface area contributed by atoms with E-state index >= 15 is 0 Å². The van der Waals surface area contributed by atoms with E-state index in [2.05, 4.69) is 11.9 Å². The lowest BCUT2D eigenvalue weighted by Crippen LogP contribution is -2.21. The summed E-state index contributed by atoms with van der Waals surface area (Å²) in [5.74, 6) is -1.04. The van der Waals surface area contributed by atoms with Gasteiger partial charge >= 0.3 is 0 Å². The molecule has 0 radical (unpaired) electrons. The summed E-state index contributed by atoms with van der Waals surface area (Å²) in [7, 11) is 0. The summed E-state index contributed by atoms with van der Waals surface area (Å²) >= 11 is 0. The molecule has 0 aliphatic carbocycles. The van der Waals surface area contributed by atoms with Gasteiger partial charge < -0.3 is 5.32 Å². The van der Waals surface area contributed by atoms with Crippen LogP contribution in [0.4, 0.5) is 8.78 Å². The summed E-state index contributed by atoms with van der Waals surface area (Å²) in [6, 6.07) is 2.23. The quantitative estimate of drug-likeness (QED) is 0.754. The Morgan fingerprint density at radius 3 is 2.67 bits per heavy atom. The van der Waals surface area contributed by atoms with Crippen molar-refractivity contribution in [3.63, 3.8) is 0 Å². The van der Waals surface area contributed by atoms with Crippen LogP contribution in [-0.2, 0) is 0 Å². The minimum absolute atomic E-state index is 0.0480. The topological polar surface area (TPSA) is 12.0 Å². The second-order valence-electron chi connectivity index (χ2n) is 3.36. The number of hydrogen-bond donors (Lipinski definition) is 1. The third-order valence-corrected chi connectivity index (χ3v) is 2.29. The summed E-state index contributed by atoms with van der Waals surface area (Å²) in [6.07, 6.45) is 1.50. The lowest BCUT2D eigenvalue weighted by molar-refractivity contribution is 0.512. The molecule has 0 aliphatic heterocycles. The summed E-state index contributed by atoms with van der Waals surface area (Å²) in [5, 5.41) is 2.96. The van der Waals surface area contributed by atoms with E-state index in [1.165, 1.54) is 18.2 Å². The standard InChI is InChI=1S/C12H15F2N/c1-4-10(15-5-2)11-9(13)7-6-8(3)12(11)14/h4,6-7,10,15H,1,5H2,2-3H3. The highest BCUT2D eigenvalue weighted by Crippen LogP contribution is 2.23. The zero-order valence-corrected chi connectivity index (χ0v) is 8.98. The lowest BCUT2D eigenvalue weighted by Gasteiger charge is -2.16. The molecule has 0 bridgehead atoms. The molecular formula is C12H15F2N. The van der Waals surface area contributed by atoms with Crippen LogP contribution in [0.25, 0.3) is 0 Å². The van der Waals surface area contributed by atoms with Crippen molar-refractivity contribution in [1.82, 2.24) is 5.32 Å². The van der Waals surface area contributed by atoms with Gasteiger partial charge in [0.05, 0.1) is 6.04 Å². The predicted octanol–water partition coefficient (Wildman–Crippen LogP) is 3.11. The minimum atomic E-state index is -0.538. The highest BCUT2D eigenvalue weighted by atomic mass is 19.1. The van der Waals surface area contributed by atoms with E-state index in [-0.39, 0.29) is 5.56 Å². The van der Waals surface area contributed by atoms with Gasteiger partial charge in [-0.05, 0) is 25.1 Å². The number of halogens is 2. The third kappa shape index (κ3) is 2.42. The first-order chi connectivity index (χ1) is 7.11. The molecule has 82 valence electrons. The second kappa shape index (κ2) is 5.03. The average molecular weight is 211 g/mol. The van der Waals surface area contributed by atoms with Crippen LogP contribution in [0.2, 0.25) is 0 Å². The summed E-state index contributed by atoms with van der Waals surface area (Å²) in [6.45, 7) is 7.69. The van der Waals surface area contributed by atoms with Crippen molar-refractivity contribution >= 4 is 0 Å². The SMILES string of the molecule is C=CC(NCC)c1c(F)ccc(C)c1F. The van der Waals surface area contributed by atoms with E-state index in [0.717, 1.165) is 0 Å². The van der Waals surface area contributed by atoms with Gasteiger partial charge in [0.25, 0.3) is 0 Å². The van der Waals surface area contributed by atoms with Crippen LogP contribution in [0.5, 0.6) is 0 Å². The summed E-state index contributed by atoms with van der Waals surface area (Å²) in [4.78, 5) is 0. The van der Waals surface area contributed by atoms with E-state index in [1.54, 1.807) is 6.92 Å². The molecule has 1 aromatic rings. The largest absolute Gasteiger partial charge is 0.307 e. The molecule has 1 aromatic carbocycles. The van der Waals surface area contributed by atoms with Crippen molar-refractivity contribution in [3.8, 4) is 0 Å². The molecule has 15 heavy (non-hydrogen) atoms. The Morgan fingerprint density at radius 2 is 2.13 bits per heavy atom. The fraction of sp³-hybridized carbons (Fsp3) is 0.333. The molecule has 0 spiro atoms. The first-order valence-electron chi connectivity index (χ1n) is 4.92. The predicted molar refractivity (Wildman–Crippen MR) is 57.7 cm³/mol. The van der Waals surface area contributed by atoms with Crippen molar-refractivity contribution in [2.75, 3.05) is 6.54 Å². The van der Waals surface area contributed by atoms with Crippen LogP contribution < -0.4 is 5.32 Å². The van der Waals surface area contributed by atoms with E-state index in [0.29, 0.717) is 12.1 Å². The van der Waals surface area contributed by atoms with Crippen molar-refractivity contribution in [1.29, 1.82) is 0 Å². The van der Waals surface area contributed by atoms with Crippen LogP contribution >= 0.6 is 0 Å². The first kappa shape index (κ1) is 11.9. The van der Waals surface area contributed by atoms with Gasteiger partial charge in [-0.15, -0.1) is 6.58 Å². The van der Waals surface area contributed by atoms with Gasteiger partial charge in [0.2, 0.25) is 0 Å². The molecular weight excluding hydrogens is 196 g/mol.